The van der Waals surface area contributed by atoms with E-state index in [0.717, 1.165) is 6.92 Å². The minimum atomic E-state index is -2.11. The number of ether oxygens (including phenoxy) is 1. The average Bonchev–Trinajstić information content (AvgIpc) is 1.87. The molecule has 0 amide bonds. The Bertz CT molecular complexity index is 144. The van der Waals surface area contributed by atoms with Gasteiger partial charge in [-0.1, -0.05) is 0 Å². The van der Waals surface area contributed by atoms with E-state index in [9.17, 15) is 14.0 Å². The molecular formula is C6H9FO3. The van der Waals surface area contributed by atoms with Crippen molar-refractivity contribution in [2.45, 2.75) is 20.0 Å². The highest BCUT2D eigenvalue weighted by Crippen LogP contribution is 1.95. The van der Waals surface area contributed by atoms with Gasteiger partial charge in [0.2, 0.25) is 0 Å². The topological polar surface area (TPSA) is 43.4 Å². The molecule has 0 aliphatic rings. The molecule has 4 heteroatoms. The van der Waals surface area contributed by atoms with Crippen molar-refractivity contribution >= 4 is 11.8 Å². The van der Waals surface area contributed by atoms with Gasteiger partial charge in [-0.15, -0.1) is 0 Å². The fraction of sp³-hybridized carbons (Fsp3) is 0.667. The van der Waals surface area contributed by atoms with Gasteiger partial charge in [-0.3, -0.25) is 4.79 Å². The highest BCUT2D eigenvalue weighted by atomic mass is 19.1. The third kappa shape index (κ3) is 2.57. The fourth-order valence-electron chi connectivity index (χ4n) is 0.381. The molecule has 0 saturated carbocycles. The van der Waals surface area contributed by atoms with Crippen LogP contribution < -0.4 is 0 Å². The van der Waals surface area contributed by atoms with Crippen molar-refractivity contribution in [1.82, 2.24) is 0 Å². The summed E-state index contributed by atoms with van der Waals surface area (Å²) in [6.07, 6.45) is -2.11. The smallest absolute Gasteiger partial charge is 0.348 e. The predicted molar refractivity (Wildman–Crippen MR) is 32.2 cm³/mol. The van der Waals surface area contributed by atoms with Gasteiger partial charge in [0.1, 0.15) is 0 Å². The Kier molecular flexibility index (Phi) is 3.61. The molecule has 10 heavy (non-hydrogen) atoms. The van der Waals surface area contributed by atoms with Gasteiger partial charge < -0.3 is 4.74 Å². The molecule has 58 valence electrons. The van der Waals surface area contributed by atoms with Gasteiger partial charge in [0, 0.05) is 0 Å². The Balaban J connectivity index is 3.82. The number of hydrogen-bond donors (Lipinski definition) is 0. The van der Waals surface area contributed by atoms with Crippen molar-refractivity contribution in [2.24, 2.45) is 0 Å². The monoisotopic (exact) mass is 148 g/mol. The molecule has 0 aromatic carbocycles. The minimum Gasteiger partial charge on any atom is -0.463 e. The Labute approximate surface area is 58.2 Å². The van der Waals surface area contributed by atoms with E-state index in [0.29, 0.717) is 0 Å². The lowest BCUT2D eigenvalue weighted by Crippen LogP contribution is -2.25. The number of hydrogen-bond acceptors (Lipinski definition) is 3. The summed E-state index contributed by atoms with van der Waals surface area (Å²) in [4.78, 5) is 20.6. The summed E-state index contributed by atoms with van der Waals surface area (Å²) in [6, 6.07) is 0. The van der Waals surface area contributed by atoms with Gasteiger partial charge in [0.05, 0.1) is 6.61 Å². The van der Waals surface area contributed by atoms with Crippen LogP contribution in [0.2, 0.25) is 0 Å². The first kappa shape index (κ1) is 9.07. The lowest BCUT2D eigenvalue weighted by atomic mass is 10.3. The summed E-state index contributed by atoms with van der Waals surface area (Å²) < 4.78 is 16.5. The van der Waals surface area contributed by atoms with E-state index < -0.39 is 17.9 Å². The molecule has 0 aromatic rings. The van der Waals surface area contributed by atoms with E-state index in [4.69, 9.17) is 0 Å². The summed E-state index contributed by atoms with van der Waals surface area (Å²) in [5, 5.41) is 0. The third-order valence-electron chi connectivity index (χ3n) is 0.850. The molecular weight excluding hydrogens is 139 g/mol. The number of halogens is 1. The van der Waals surface area contributed by atoms with Crippen LogP contribution in [0.15, 0.2) is 0 Å². The molecule has 0 aromatic heterocycles. The Morgan fingerprint density at radius 1 is 1.60 bits per heavy atom. The summed E-state index contributed by atoms with van der Waals surface area (Å²) in [5.41, 5.74) is 0. The SMILES string of the molecule is CCOC(=O)[C@@H](F)C(C)=O. The molecule has 0 saturated heterocycles. The Morgan fingerprint density at radius 3 is 2.40 bits per heavy atom. The molecule has 0 aliphatic heterocycles. The molecule has 0 fully saturated rings. The van der Waals surface area contributed by atoms with E-state index in [-0.39, 0.29) is 6.61 Å². The van der Waals surface area contributed by atoms with Crippen LogP contribution in [-0.4, -0.2) is 24.5 Å². The predicted octanol–water partition coefficient (Wildman–Crippen LogP) is 0.477. The van der Waals surface area contributed by atoms with E-state index in [1.807, 2.05) is 0 Å². The van der Waals surface area contributed by atoms with Crippen LogP contribution in [0.5, 0.6) is 0 Å². The average molecular weight is 148 g/mol. The highest BCUT2D eigenvalue weighted by Gasteiger charge is 2.22. The number of carbonyl (C=O) groups is 2. The maximum Gasteiger partial charge on any atom is 0.348 e. The van der Waals surface area contributed by atoms with Crippen LogP contribution in [-0.2, 0) is 14.3 Å². The zero-order valence-corrected chi connectivity index (χ0v) is 5.89. The van der Waals surface area contributed by atoms with Crippen molar-refractivity contribution < 1.29 is 18.7 Å². The highest BCUT2D eigenvalue weighted by molar-refractivity contribution is 6.00. The molecule has 0 N–H and O–H groups in total. The van der Waals surface area contributed by atoms with Crippen LogP contribution in [0.4, 0.5) is 4.39 Å². The summed E-state index contributed by atoms with van der Waals surface area (Å²) in [7, 11) is 0. The van der Waals surface area contributed by atoms with Crippen molar-refractivity contribution in [3.63, 3.8) is 0 Å². The van der Waals surface area contributed by atoms with Gasteiger partial charge >= 0.3 is 5.97 Å². The van der Waals surface area contributed by atoms with Crippen LogP contribution in [0.1, 0.15) is 13.8 Å². The number of Topliss-reactive ketones (excluding diaryl/α,β-unsaturated/α-hetero) is 1. The molecule has 3 nitrogen and oxygen atoms in total. The van der Waals surface area contributed by atoms with E-state index >= 15 is 0 Å². The first-order valence-electron chi connectivity index (χ1n) is 2.90. The molecule has 0 unspecified atom stereocenters. The lowest BCUT2D eigenvalue weighted by Gasteiger charge is -2.01. The van der Waals surface area contributed by atoms with Crippen LogP contribution >= 0.6 is 0 Å². The van der Waals surface area contributed by atoms with E-state index in [1.165, 1.54) is 0 Å². The zero-order valence-electron chi connectivity index (χ0n) is 5.89. The number of carbonyl (C=O) groups excluding carboxylic acids is 2. The standard InChI is InChI=1S/C6H9FO3/c1-3-10-6(9)5(7)4(2)8/h5H,3H2,1-2H3/t5-/m0/s1. The third-order valence-corrected chi connectivity index (χ3v) is 0.850. The molecule has 0 spiro atoms. The quantitative estimate of drug-likeness (QED) is 0.431. The summed E-state index contributed by atoms with van der Waals surface area (Å²) >= 11 is 0. The molecule has 0 radical (unpaired) electrons. The summed E-state index contributed by atoms with van der Waals surface area (Å²) in [5.74, 6) is -1.92. The van der Waals surface area contributed by atoms with Gasteiger partial charge in [0.25, 0.3) is 6.17 Å². The lowest BCUT2D eigenvalue weighted by molar-refractivity contribution is -0.152. The minimum absolute atomic E-state index is 0.0898. The second kappa shape index (κ2) is 3.98. The Hall–Kier alpha value is -0.930. The second-order valence-corrected chi connectivity index (χ2v) is 1.73. The van der Waals surface area contributed by atoms with Gasteiger partial charge in [0.15, 0.2) is 5.78 Å². The molecule has 0 aliphatic carbocycles. The van der Waals surface area contributed by atoms with Crippen LogP contribution in [0.3, 0.4) is 0 Å². The van der Waals surface area contributed by atoms with Crippen LogP contribution in [0, 0.1) is 0 Å². The zero-order chi connectivity index (χ0) is 8.15. The molecule has 0 rings (SSSR count). The summed E-state index contributed by atoms with van der Waals surface area (Å²) in [6.45, 7) is 2.64. The number of ketones is 1. The maximum atomic E-state index is 12.3. The van der Waals surface area contributed by atoms with Gasteiger partial charge in [-0.05, 0) is 13.8 Å². The van der Waals surface area contributed by atoms with Crippen LogP contribution in [0.25, 0.3) is 0 Å². The first-order chi connectivity index (χ1) is 4.59. The van der Waals surface area contributed by atoms with E-state index in [2.05, 4.69) is 4.74 Å². The normalized spacial score (nSPS) is 12.3. The number of esters is 1. The first-order valence-corrected chi connectivity index (χ1v) is 2.90. The second-order valence-electron chi connectivity index (χ2n) is 1.73. The van der Waals surface area contributed by atoms with Crippen molar-refractivity contribution in [2.75, 3.05) is 6.61 Å². The molecule has 0 heterocycles. The molecule has 0 bridgehead atoms. The van der Waals surface area contributed by atoms with Crippen molar-refractivity contribution in [1.29, 1.82) is 0 Å². The fourth-order valence-corrected chi connectivity index (χ4v) is 0.381. The number of alkyl halides is 1. The number of rotatable bonds is 3. The molecule has 1 atom stereocenters. The van der Waals surface area contributed by atoms with Crippen molar-refractivity contribution in [3.8, 4) is 0 Å². The largest absolute Gasteiger partial charge is 0.463 e. The Morgan fingerprint density at radius 2 is 2.10 bits per heavy atom. The van der Waals surface area contributed by atoms with E-state index in [1.54, 1.807) is 6.92 Å². The maximum absolute atomic E-state index is 12.3. The van der Waals surface area contributed by atoms with Crippen molar-refractivity contribution in [3.05, 3.63) is 0 Å². The van der Waals surface area contributed by atoms with Gasteiger partial charge in [-0.25, -0.2) is 9.18 Å². The van der Waals surface area contributed by atoms with Gasteiger partial charge in [-0.2, -0.15) is 0 Å².